The summed E-state index contributed by atoms with van der Waals surface area (Å²) in [5.74, 6) is 0. The van der Waals surface area contributed by atoms with Crippen LogP contribution < -0.4 is 0 Å². The van der Waals surface area contributed by atoms with Gasteiger partial charge in [-0.1, -0.05) is 6.58 Å². The molecule has 0 aliphatic carbocycles. The number of rotatable bonds is 2. The fourth-order valence-electron chi connectivity index (χ4n) is 1.57. The van der Waals surface area contributed by atoms with Crippen LogP contribution in [0.15, 0.2) is 35.7 Å². The summed E-state index contributed by atoms with van der Waals surface area (Å²) in [6, 6.07) is 6.97. The van der Waals surface area contributed by atoms with Gasteiger partial charge in [-0.05, 0) is 36.8 Å². The zero-order valence-electron chi connectivity index (χ0n) is 9.24. The molecule has 0 bridgehead atoms. The van der Waals surface area contributed by atoms with E-state index in [9.17, 15) is 8.42 Å². The van der Waals surface area contributed by atoms with E-state index in [0.29, 0.717) is 4.90 Å². The van der Waals surface area contributed by atoms with Crippen molar-refractivity contribution in [2.45, 2.75) is 11.8 Å². The zero-order chi connectivity index (χ0) is 11.9. The summed E-state index contributed by atoms with van der Waals surface area (Å²) in [5.41, 5.74) is 2.78. The molecule has 0 amide bonds. The Morgan fingerprint density at radius 3 is 2.56 bits per heavy atom. The van der Waals surface area contributed by atoms with Crippen LogP contribution in [0.4, 0.5) is 0 Å². The first kappa shape index (κ1) is 11.0. The molecule has 2 aromatic rings. The molecule has 0 unspecified atom stereocenters. The third-order valence-corrected chi connectivity index (χ3v) is 3.59. The monoisotopic (exact) mass is 235 g/mol. The molecule has 1 N–H and O–H groups in total. The summed E-state index contributed by atoms with van der Waals surface area (Å²) in [6.45, 7) is 5.75. The van der Waals surface area contributed by atoms with E-state index in [1.165, 1.54) is 6.26 Å². The maximum atomic E-state index is 11.4. The minimum atomic E-state index is -3.14. The second kappa shape index (κ2) is 3.49. The van der Waals surface area contributed by atoms with Gasteiger partial charge in [-0.25, -0.2) is 8.42 Å². The summed E-state index contributed by atoms with van der Waals surface area (Å²) in [4.78, 5) is 3.52. The van der Waals surface area contributed by atoms with Crippen molar-refractivity contribution < 1.29 is 8.42 Å². The number of hydrogen-bond acceptors (Lipinski definition) is 2. The van der Waals surface area contributed by atoms with Crippen LogP contribution in [0.25, 0.3) is 16.5 Å². The smallest absolute Gasteiger partial charge is 0.175 e. The molecule has 0 radical (unpaired) electrons. The highest BCUT2D eigenvalue weighted by atomic mass is 32.2. The summed E-state index contributed by atoms with van der Waals surface area (Å²) < 4.78 is 22.8. The molecule has 84 valence electrons. The number of sulfone groups is 1. The van der Waals surface area contributed by atoms with E-state index in [-0.39, 0.29) is 0 Å². The van der Waals surface area contributed by atoms with Crippen molar-refractivity contribution in [1.82, 2.24) is 4.98 Å². The van der Waals surface area contributed by atoms with Crippen LogP contribution in [0.2, 0.25) is 0 Å². The number of fused-ring (bicyclic) bond motifs is 1. The molecule has 1 aromatic carbocycles. The molecule has 16 heavy (non-hydrogen) atoms. The lowest BCUT2D eigenvalue weighted by atomic mass is 10.2. The summed E-state index contributed by atoms with van der Waals surface area (Å²) in [6.07, 6.45) is 1.21. The lowest BCUT2D eigenvalue weighted by Gasteiger charge is -1.97. The van der Waals surface area contributed by atoms with E-state index in [1.807, 2.05) is 13.0 Å². The summed E-state index contributed by atoms with van der Waals surface area (Å²) in [5, 5.41) is 0.890. The lowest BCUT2D eigenvalue weighted by Crippen LogP contribution is -1.95. The molecule has 0 saturated carbocycles. The van der Waals surface area contributed by atoms with Crippen molar-refractivity contribution >= 4 is 26.3 Å². The van der Waals surface area contributed by atoms with Crippen LogP contribution >= 0.6 is 0 Å². The van der Waals surface area contributed by atoms with Gasteiger partial charge in [0.2, 0.25) is 0 Å². The lowest BCUT2D eigenvalue weighted by molar-refractivity contribution is 0.602. The van der Waals surface area contributed by atoms with Gasteiger partial charge in [0.1, 0.15) is 0 Å². The first-order chi connectivity index (χ1) is 7.38. The second-order valence-corrected chi connectivity index (χ2v) is 6.00. The Bertz CT molecular complexity index is 665. The molecule has 4 heteroatoms. The Labute approximate surface area is 94.7 Å². The van der Waals surface area contributed by atoms with E-state index < -0.39 is 9.84 Å². The largest absolute Gasteiger partial charge is 0.355 e. The first-order valence-corrected chi connectivity index (χ1v) is 6.76. The average Bonchev–Trinajstić information content (AvgIpc) is 2.58. The zero-order valence-corrected chi connectivity index (χ0v) is 10.1. The molecule has 0 fully saturated rings. The third-order valence-electron chi connectivity index (χ3n) is 2.48. The molecule has 0 atom stereocenters. The molecule has 0 spiro atoms. The predicted molar refractivity (Wildman–Crippen MR) is 66.1 cm³/mol. The molecule has 1 heterocycles. The van der Waals surface area contributed by atoms with Gasteiger partial charge < -0.3 is 4.98 Å². The van der Waals surface area contributed by atoms with Gasteiger partial charge in [-0.3, -0.25) is 0 Å². The Morgan fingerprint density at radius 2 is 2.00 bits per heavy atom. The highest BCUT2D eigenvalue weighted by Gasteiger charge is 2.09. The SMILES string of the molecule is C=C(C)c1cc2cc(S(C)(=O)=O)ccc2[nH]1. The maximum Gasteiger partial charge on any atom is 0.175 e. The predicted octanol–water partition coefficient (Wildman–Crippen LogP) is 2.60. The molecule has 0 aliphatic heterocycles. The molecule has 2 rings (SSSR count). The van der Waals surface area contributed by atoms with Gasteiger partial charge in [0.05, 0.1) is 4.90 Å². The number of benzene rings is 1. The van der Waals surface area contributed by atoms with Crippen molar-refractivity contribution in [2.75, 3.05) is 6.26 Å². The van der Waals surface area contributed by atoms with Crippen molar-refractivity contribution in [2.24, 2.45) is 0 Å². The highest BCUT2D eigenvalue weighted by molar-refractivity contribution is 7.90. The third kappa shape index (κ3) is 1.88. The molecular formula is C12H13NO2S. The normalized spacial score (nSPS) is 11.9. The first-order valence-electron chi connectivity index (χ1n) is 4.86. The minimum absolute atomic E-state index is 0.340. The van der Waals surface area contributed by atoms with Crippen molar-refractivity contribution in [3.05, 3.63) is 36.5 Å². The maximum absolute atomic E-state index is 11.4. The molecule has 3 nitrogen and oxygen atoms in total. The van der Waals surface area contributed by atoms with Crippen LogP contribution in [0.1, 0.15) is 12.6 Å². The van der Waals surface area contributed by atoms with Crippen LogP contribution in [0.3, 0.4) is 0 Å². The van der Waals surface area contributed by atoms with Gasteiger partial charge >= 0.3 is 0 Å². The van der Waals surface area contributed by atoms with Gasteiger partial charge in [0.15, 0.2) is 9.84 Å². The Morgan fingerprint density at radius 1 is 1.31 bits per heavy atom. The van der Waals surface area contributed by atoms with E-state index in [4.69, 9.17) is 0 Å². The summed E-state index contributed by atoms with van der Waals surface area (Å²) in [7, 11) is -3.14. The van der Waals surface area contributed by atoms with Gasteiger partial charge in [0, 0.05) is 22.9 Å². The molecular weight excluding hydrogens is 222 g/mol. The van der Waals surface area contributed by atoms with Gasteiger partial charge in [-0.2, -0.15) is 0 Å². The van der Waals surface area contributed by atoms with Crippen LogP contribution in [0.5, 0.6) is 0 Å². The topological polar surface area (TPSA) is 49.9 Å². The minimum Gasteiger partial charge on any atom is -0.355 e. The number of allylic oxidation sites excluding steroid dienone is 1. The number of H-pyrrole nitrogens is 1. The van der Waals surface area contributed by atoms with Gasteiger partial charge in [0.25, 0.3) is 0 Å². The number of hydrogen-bond donors (Lipinski definition) is 1. The number of nitrogens with one attached hydrogen (secondary N) is 1. The number of aromatic nitrogens is 1. The standard InChI is InChI=1S/C12H13NO2S/c1-8(2)12-7-9-6-10(16(3,14)15)4-5-11(9)13-12/h4-7,13H,1H2,2-3H3. The van der Waals surface area contributed by atoms with E-state index >= 15 is 0 Å². The van der Waals surface area contributed by atoms with E-state index in [2.05, 4.69) is 11.6 Å². The van der Waals surface area contributed by atoms with E-state index in [0.717, 1.165) is 22.2 Å². The molecule has 1 aromatic heterocycles. The average molecular weight is 235 g/mol. The van der Waals surface area contributed by atoms with E-state index in [1.54, 1.807) is 18.2 Å². The highest BCUT2D eigenvalue weighted by Crippen LogP contribution is 2.22. The fraction of sp³-hybridized carbons (Fsp3) is 0.167. The fourth-order valence-corrected chi connectivity index (χ4v) is 2.23. The van der Waals surface area contributed by atoms with Crippen molar-refractivity contribution in [3.8, 4) is 0 Å². The molecule has 0 saturated heterocycles. The Kier molecular flexibility index (Phi) is 2.39. The Hall–Kier alpha value is -1.55. The molecule has 0 aliphatic rings. The van der Waals surface area contributed by atoms with Crippen LogP contribution in [-0.2, 0) is 9.84 Å². The Balaban J connectivity index is 2.67. The second-order valence-electron chi connectivity index (χ2n) is 3.98. The van der Waals surface area contributed by atoms with Crippen LogP contribution in [0, 0.1) is 0 Å². The summed E-state index contributed by atoms with van der Waals surface area (Å²) >= 11 is 0. The van der Waals surface area contributed by atoms with Crippen molar-refractivity contribution in [3.63, 3.8) is 0 Å². The van der Waals surface area contributed by atoms with Crippen LogP contribution in [-0.4, -0.2) is 19.7 Å². The number of aromatic amines is 1. The quantitative estimate of drug-likeness (QED) is 0.869. The van der Waals surface area contributed by atoms with Crippen molar-refractivity contribution in [1.29, 1.82) is 0 Å². The van der Waals surface area contributed by atoms with Gasteiger partial charge in [-0.15, -0.1) is 0 Å².